The molecule has 2 rings (SSSR count). The molecule has 20 heavy (non-hydrogen) atoms. The van der Waals surface area contributed by atoms with Gasteiger partial charge in [-0.2, -0.15) is 11.8 Å². The highest BCUT2D eigenvalue weighted by Crippen LogP contribution is 2.28. The smallest absolute Gasteiger partial charge is 0.177 e. The summed E-state index contributed by atoms with van der Waals surface area (Å²) < 4.78 is 11.4. The van der Waals surface area contributed by atoms with Gasteiger partial charge in [-0.1, -0.05) is 17.7 Å². The van der Waals surface area contributed by atoms with Gasteiger partial charge in [-0.05, 0) is 50.9 Å². The lowest BCUT2D eigenvalue weighted by Gasteiger charge is -2.26. The average Bonchev–Trinajstić information content (AvgIpc) is 2.47. The largest absolute Gasteiger partial charge is 0.348 e. The monoisotopic (exact) mass is 316 g/mol. The summed E-state index contributed by atoms with van der Waals surface area (Å²) in [6.45, 7) is 3.66. The highest BCUT2D eigenvalue weighted by molar-refractivity contribution is 7.99. The lowest BCUT2D eigenvalue weighted by molar-refractivity contribution is -0.146. The van der Waals surface area contributed by atoms with E-state index in [1.165, 1.54) is 18.4 Å². The molecule has 2 aliphatic rings. The fourth-order valence-corrected chi connectivity index (χ4v) is 3.24. The molecule has 1 aliphatic carbocycles. The third-order valence-electron chi connectivity index (χ3n) is 3.96. The number of ether oxygens (including phenoxy) is 2. The molecule has 1 heterocycles. The second-order valence-electron chi connectivity index (χ2n) is 5.67. The van der Waals surface area contributed by atoms with Crippen molar-refractivity contribution in [2.45, 2.75) is 49.5 Å². The molecule has 4 heteroatoms. The molecule has 0 atom stereocenters. The van der Waals surface area contributed by atoms with E-state index in [2.05, 4.69) is 31.4 Å². The first-order chi connectivity index (χ1) is 9.67. The molecule has 0 N–H and O–H groups in total. The van der Waals surface area contributed by atoms with Gasteiger partial charge in [-0.15, -0.1) is 11.6 Å². The number of hydrogen-bond donors (Lipinski definition) is 0. The Balaban J connectivity index is 1.76. The van der Waals surface area contributed by atoms with Crippen LogP contribution in [-0.2, 0) is 9.47 Å². The maximum atomic E-state index is 6.13. The van der Waals surface area contributed by atoms with Crippen LogP contribution in [0.4, 0.5) is 0 Å². The summed E-state index contributed by atoms with van der Waals surface area (Å²) in [6, 6.07) is 0. The number of thioether (sulfide) groups is 1. The lowest BCUT2D eigenvalue weighted by atomic mass is 9.88. The number of hydrogen-bond acceptors (Lipinski definition) is 3. The highest BCUT2D eigenvalue weighted by atomic mass is 35.5. The van der Waals surface area contributed by atoms with Gasteiger partial charge in [0.15, 0.2) is 6.29 Å². The van der Waals surface area contributed by atoms with Crippen LogP contribution in [0.5, 0.6) is 0 Å². The van der Waals surface area contributed by atoms with E-state index in [0.29, 0.717) is 16.5 Å². The van der Waals surface area contributed by atoms with Gasteiger partial charge in [-0.3, -0.25) is 0 Å². The number of halogens is 1. The minimum Gasteiger partial charge on any atom is -0.348 e. The summed E-state index contributed by atoms with van der Waals surface area (Å²) in [5, 5.41) is 0.867. The zero-order valence-electron chi connectivity index (χ0n) is 12.4. The number of alkyl halides is 1. The topological polar surface area (TPSA) is 18.5 Å². The molecule has 0 aromatic heterocycles. The summed E-state index contributed by atoms with van der Waals surface area (Å²) in [4.78, 5) is 0. The average molecular weight is 317 g/mol. The normalized spacial score (nSPS) is 36.5. The third-order valence-corrected chi connectivity index (χ3v) is 5.33. The van der Waals surface area contributed by atoms with Gasteiger partial charge in [0, 0.05) is 5.38 Å². The van der Waals surface area contributed by atoms with E-state index in [-0.39, 0.29) is 6.29 Å². The molecule has 0 spiro atoms. The Hall–Kier alpha value is 0.0400. The van der Waals surface area contributed by atoms with E-state index in [4.69, 9.17) is 21.1 Å². The summed E-state index contributed by atoms with van der Waals surface area (Å²) in [5.41, 5.74) is 1.21. The fraction of sp³-hybridized carbons (Fsp3) is 0.750. The second kappa shape index (κ2) is 8.47. The number of allylic oxidation sites excluding steroid dienone is 3. The minimum atomic E-state index is -0.179. The van der Waals surface area contributed by atoms with Crippen molar-refractivity contribution in [2.75, 3.05) is 19.5 Å². The Morgan fingerprint density at radius 2 is 1.80 bits per heavy atom. The molecule has 1 aliphatic heterocycles. The van der Waals surface area contributed by atoms with Gasteiger partial charge in [0.2, 0.25) is 0 Å². The second-order valence-corrected chi connectivity index (χ2v) is 7.43. The Bertz CT molecular complexity index is 340. The van der Waals surface area contributed by atoms with E-state index in [9.17, 15) is 0 Å². The summed E-state index contributed by atoms with van der Waals surface area (Å²) >= 11 is 7.93. The van der Waals surface area contributed by atoms with Gasteiger partial charge < -0.3 is 9.47 Å². The van der Waals surface area contributed by atoms with Crippen LogP contribution in [0.25, 0.3) is 0 Å². The predicted octanol–water partition coefficient (Wildman–Crippen LogP) is 4.39. The van der Waals surface area contributed by atoms with Crippen LogP contribution in [0.2, 0.25) is 0 Å². The molecule has 0 bridgehead atoms. The molecule has 1 saturated carbocycles. The molecule has 0 aromatic rings. The summed E-state index contributed by atoms with van der Waals surface area (Å²) in [5.74, 6) is 0.683. The van der Waals surface area contributed by atoms with Gasteiger partial charge in [0.25, 0.3) is 0 Å². The van der Waals surface area contributed by atoms with Crippen molar-refractivity contribution in [2.24, 2.45) is 5.92 Å². The van der Waals surface area contributed by atoms with Crippen LogP contribution in [0.15, 0.2) is 23.8 Å². The Morgan fingerprint density at radius 1 is 1.15 bits per heavy atom. The van der Waals surface area contributed by atoms with Crippen LogP contribution in [0.3, 0.4) is 0 Å². The fourth-order valence-electron chi connectivity index (χ4n) is 2.56. The summed E-state index contributed by atoms with van der Waals surface area (Å²) in [6.07, 6.45) is 13.2. The van der Waals surface area contributed by atoms with E-state index in [1.807, 2.05) is 0 Å². The standard InChI is InChI=1S/C16H25ClO2S/c1-12(3-4-13-5-7-14(17)8-6-13)9-16-18-10-15(20-2)11-19-16/h3-4,9,13-16H,5-8,10-11H2,1-2H3/b4-3+,12-9+. The highest BCUT2D eigenvalue weighted by Gasteiger charge is 2.20. The van der Waals surface area contributed by atoms with E-state index >= 15 is 0 Å². The molecular weight excluding hydrogens is 292 g/mol. The third kappa shape index (κ3) is 5.44. The predicted molar refractivity (Wildman–Crippen MR) is 87.5 cm³/mol. The lowest BCUT2D eigenvalue weighted by Crippen LogP contribution is -2.32. The molecule has 1 saturated heterocycles. The van der Waals surface area contributed by atoms with Crippen molar-refractivity contribution in [1.29, 1.82) is 0 Å². The van der Waals surface area contributed by atoms with Crippen molar-refractivity contribution >= 4 is 23.4 Å². The Labute approximate surface area is 131 Å². The van der Waals surface area contributed by atoms with Crippen molar-refractivity contribution < 1.29 is 9.47 Å². The van der Waals surface area contributed by atoms with Crippen molar-refractivity contribution in [3.05, 3.63) is 23.8 Å². The van der Waals surface area contributed by atoms with Gasteiger partial charge in [-0.25, -0.2) is 0 Å². The van der Waals surface area contributed by atoms with Crippen LogP contribution in [0, 0.1) is 5.92 Å². The molecule has 2 fully saturated rings. The number of rotatable bonds is 4. The first-order valence-corrected chi connectivity index (χ1v) is 9.16. The maximum absolute atomic E-state index is 6.13. The van der Waals surface area contributed by atoms with Gasteiger partial charge in [0.1, 0.15) is 0 Å². The molecule has 0 aromatic carbocycles. The van der Waals surface area contributed by atoms with Crippen LogP contribution < -0.4 is 0 Å². The molecular formula is C16H25ClO2S. The maximum Gasteiger partial charge on any atom is 0.177 e. The Morgan fingerprint density at radius 3 is 2.40 bits per heavy atom. The SMILES string of the molecule is CSC1COC(/C=C(C)/C=C/C2CCC(Cl)CC2)OC1. The first-order valence-electron chi connectivity index (χ1n) is 7.44. The summed E-state index contributed by atoms with van der Waals surface area (Å²) in [7, 11) is 0. The Kier molecular flexibility index (Phi) is 6.95. The zero-order chi connectivity index (χ0) is 14.4. The van der Waals surface area contributed by atoms with Crippen molar-refractivity contribution in [1.82, 2.24) is 0 Å². The quantitative estimate of drug-likeness (QED) is 0.566. The van der Waals surface area contributed by atoms with E-state index < -0.39 is 0 Å². The van der Waals surface area contributed by atoms with Crippen LogP contribution in [-0.4, -0.2) is 36.4 Å². The van der Waals surface area contributed by atoms with Gasteiger partial charge >= 0.3 is 0 Å². The molecule has 2 nitrogen and oxygen atoms in total. The van der Waals surface area contributed by atoms with Crippen molar-refractivity contribution in [3.63, 3.8) is 0 Å². The van der Waals surface area contributed by atoms with Crippen LogP contribution in [0.1, 0.15) is 32.6 Å². The van der Waals surface area contributed by atoms with E-state index in [1.54, 1.807) is 11.8 Å². The zero-order valence-corrected chi connectivity index (χ0v) is 14.0. The first kappa shape index (κ1) is 16.4. The molecule has 114 valence electrons. The minimum absolute atomic E-state index is 0.179. The van der Waals surface area contributed by atoms with Gasteiger partial charge in [0.05, 0.1) is 18.5 Å². The molecule has 0 radical (unpaired) electrons. The molecule has 0 unspecified atom stereocenters. The van der Waals surface area contributed by atoms with Crippen molar-refractivity contribution in [3.8, 4) is 0 Å². The molecule has 0 amide bonds. The van der Waals surface area contributed by atoms with Crippen LogP contribution >= 0.6 is 23.4 Å². The van der Waals surface area contributed by atoms with E-state index in [0.717, 1.165) is 26.1 Å².